The van der Waals surface area contributed by atoms with E-state index in [1.54, 1.807) is 0 Å². The molecule has 5 heteroatoms. The van der Waals surface area contributed by atoms with E-state index in [9.17, 15) is 0 Å². The molecule has 0 amide bonds. The molecular formula is C15H17N3O2. The standard InChI is InChI=1S/C15H17N3O2/c1-2-4-12(5-3-1)14-17-16-13(20-14)8-18-7-6-15(9-18)10-19-11-15/h1-5H,6-11H2. The van der Waals surface area contributed by atoms with Gasteiger partial charge in [-0.3, -0.25) is 4.90 Å². The number of hydrogen-bond acceptors (Lipinski definition) is 5. The van der Waals surface area contributed by atoms with Crippen molar-refractivity contribution in [3.05, 3.63) is 36.2 Å². The van der Waals surface area contributed by atoms with Crippen molar-refractivity contribution in [3.63, 3.8) is 0 Å². The molecule has 2 saturated heterocycles. The van der Waals surface area contributed by atoms with Crippen LogP contribution in [0.15, 0.2) is 34.7 Å². The zero-order valence-electron chi connectivity index (χ0n) is 11.3. The summed E-state index contributed by atoms with van der Waals surface area (Å²) in [4.78, 5) is 2.38. The SMILES string of the molecule is c1ccc(-c2nnc(CN3CCC4(COC4)C3)o2)cc1. The molecule has 3 heterocycles. The highest BCUT2D eigenvalue weighted by atomic mass is 16.5. The fourth-order valence-electron chi connectivity index (χ4n) is 3.00. The lowest BCUT2D eigenvalue weighted by molar-refractivity contribution is -0.105. The first-order valence-electron chi connectivity index (χ1n) is 7.01. The Labute approximate surface area is 117 Å². The van der Waals surface area contributed by atoms with Gasteiger partial charge < -0.3 is 9.15 Å². The van der Waals surface area contributed by atoms with E-state index in [2.05, 4.69) is 15.1 Å². The smallest absolute Gasteiger partial charge is 0.247 e. The minimum Gasteiger partial charge on any atom is -0.419 e. The van der Waals surface area contributed by atoms with E-state index in [-0.39, 0.29) is 0 Å². The maximum Gasteiger partial charge on any atom is 0.247 e. The minimum atomic E-state index is 0.405. The summed E-state index contributed by atoms with van der Waals surface area (Å²) in [5.74, 6) is 1.29. The van der Waals surface area contributed by atoms with Crippen LogP contribution < -0.4 is 0 Å². The maximum absolute atomic E-state index is 5.76. The molecule has 2 aliphatic heterocycles. The Bertz CT molecular complexity index is 592. The van der Waals surface area contributed by atoms with Crippen molar-refractivity contribution in [2.24, 2.45) is 5.41 Å². The number of hydrogen-bond donors (Lipinski definition) is 0. The highest BCUT2D eigenvalue weighted by Crippen LogP contribution is 2.37. The summed E-state index contributed by atoms with van der Waals surface area (Å²) in [5.41, 5.74) is 1.37. The number of aromatic nitrogens is 2. The summed E-state index contributed by atoms with van der Waals surface area (Å²) in [6.45, 7) is 4.72. The largest absolute Gasteiger partial charge is 0.419 e. The molecule has 0 radical (unpaired) electrons. The molecule has 0 aliphatic carbocycles. The van der Waals surface area contributed by atoms with Crippen molar-refractivity contribution in [1.29, 1.82) is 0 Å². The molecule has 0 N–H and O–H groups in total. The van der Waals surface area contributed by atoms with Crippen molar-refractivity contribution in [2.45, 2.75) is 13.0 Å². The number of benzene rings is 1. The van der Waals surface area contributed by atoms with Gasteiger partial charge >= 0.3 is 0 Å². The van der Waals surface area contributed by atoms with Crippen molar-refractivity contribution >= 4 is 0 Å². The Hall–Kier alpha value is -1.72. The predicted octanol–water partition coefficient (Wildman–Crippen LogP) is 1.96. The van der Waals surface area contributed by atoms with Crippen molar-refractivity contribution < 1.29 is 9.15 Å². The molecule has 4 rings (SSSR count). The first-order chi connectivity index (χ1) is 9.83. The number of nitrogens with zero attached hydrogens (tertiary/aromatic N) is 3. The van der Waals surface area contributed by atoms with Gasteiger partial charge in [-0.25, -0.2) is 0 Å². The Kier molecular flexibility index (Phi) is 2.82. The second kappa shape index (κ2) is 4.68. The van der Waals surface area contributed by atoms with E-state index < -0.39 is 0 Å². The predicted molar refractivity (Wildman–Crippen MR) is 72.9 cm³/mol. The Morgan fingerprint density at radius 3 is 2.70 bits per heavy atom. The molecule has 2 aromatic rings. The van der Waals surface area contributed by atoms with Crippen LogP contribution in [0.4, 0.5) is 0 Å². The van der Waals surface area contributed by atoms with E-state index in [1.165, 1.54) is 6.42 Å². The van der Waals surface area contributed by atoms with Gasteiger partial charge in [0.15, 0.2) is 0 Å². The summed E-state index contributed by atoms with van der Waals surface area (Å²) in [6.07, 6.45) is 1.21. The number of likely N-dealkylation sites (tertiary alicyclic amines) is 1. The molecule has 5 nitrogen and oxygen atoms in total. The van der Waals surface area contributed by atoms with E-state index in [1.807, 2.05) is 30.3 Å². The first kappa shape index (κ1) is 12.1. The summed E-state index contributed by atoms with van der Waals surface area (Å²) >= 11 is 0. The maximum atomic E-state index is 5.76. The Balaban J connectivity index is 1.44. The van der Waals surface area contributed by atoms with Gasteiger partial charge in [-0.15, -0.1) is 10.2 Å². The third-order valence-corrected chi connectivity index (χ3v) is 4.18. The lowest BCUT2D eigenvalue weighted by atomic mass is 9.85. The lowest BCUT2D eigenvalue weighted by Crippen LogP contribution is -2.44. The van der Waals surface area contributed by atoms with Gasteiger partial charge in [0.05, 0.1) is 19.8 Å². The second-order valence-corrected chi connectivity index (χ2v) is 5.82. The molecule has 1 spiro atoms. The van der Waals surface area contributed by atoms with Crippen LogP contribution in [-0.4, -0.2) is 41.4 Å². The van der Waals surface area contributed by atoms with Gasteiger partial charge in [0.2, 0.25) is 11.8 Å². The van der Waals surface area contributed by atoms with Gasteiger partial charge in [0.25, 0.3) is 0 Å². The first-order valence-corrected chi connectivity index (χ1v) is 7.01. The molecule has 104 valence electrons. The van der Waals surface area contributed by atoms with E-state index in [0.29, 0.717) is 17.2 Å². The molecule has 0 unspecified atom stereocenters. The topological polar surface area (TPSA) is 51.4 Å². The van der Waals surface area contributed by atoms with E-state index in [0.717, 1.165) is 38.4 Å². The zero-order valence-corrected chi connectivity index (χ0v) is 11.3. The molecule has 1 aromatic carbocycles. The van der Waals surface area contributed by atoms with Crippen LogP contribution in [0.1, 0.15) is 12.3 Å². The molecule has 2 aliphatic rings. The van der Waals surface area contributed by atoms with Gasteiger partial charge in [0, 0.05) is 17.5 Å². The summed E-state index contributed by atoms with van der Waals surface area (Å²) in [7, 11) is 0. The van der Waals surface area contributed by atoms with Crippen molar-refractivity contribution in [2.75, 3.05) is 26.3 Å². The van der Waals surface area contributed by atoms with Gasteiger partial charge in [0.1, 0.15) is 0 Å². The van der Waals surface area contributed by atoms with Crippen LogP contribution in [-0.2, 0) is 11.3 Å². The highest BCUT2D eigenvalue weighted by Gasteiger charge is 2.44. The van der Waals surface area contributed by atoms with Crippen LogP contribution in [0.5, 0.6) is 0 Å². The number of rotatable bonds is 3. The van der Waals surface area contributed by atoms with Crippen LogP contribution in [0.25, 0.3) is 11.5 Å². The molecule has 0 atom stereocenters. The van der Waals surface area contributed by atoms with Crippen LogP contribution in [0.3, 0.4) is 0 Å². The fourth-order valence-corrected chi connectivity index (χ4v) is 3.00. The Morgan fingerprint density at radius 2 is 2.00 bits per heavy atom. The quantitative estimate of drug-likeness (QED) is 0.854. The zero-order chi connectivity index (χ0) is 13.4. The van der Waals surface area contributed by atoms with Gasteiger partial charge in [-0.05, 0) is 25.1 Å². The molecule has 20 heavy (non-hydrogen) atoms. The lowest BCUT2D eigenvalue weighted by Gasteiger charge is -2.37. The summed E-state index contributed by atoms with van der Waals surface area (Å²) < 4.78 is 11.1. The fraction of sp³-hybridized carbons (Fsp3) is 0.467. The van der Waals surface area contributed by atoms with Crippen molar-refractivity contribution in [3.8, 4) is 11.5 Å². The molecule has 0 saturated carbocycles. The minimum absolute atomic E-state index is 0.405. The third-order valence-electron chi connectivity index (χ3n) is 4.18. The molecule has 1 aromatic heterocycles. The summed E-state index contributed by atoms with van der Waals surface area (Å²) in [5, 5.41) is 8.29. The van der Waals surface area contributed by atoms with E-state index >= 15 is 0 Å². The van der Waals surface area contributed by atoms with Gasteiger partial charge in [-0.2, -0.15) is 0 Å². The van der Waals surface area contributed by atoms with Crippen LogP contribution in [0.2, 0.25) is 0 Å². The third kappa shape index (κ3) is 2.13. The Morgan fingerprint density at radius 1 is 1.15 bits per heavy atom. The monoisotopic (exact) mass is 271 g/mol. The normalized spacial score (nSPS) is 21.2. The van der Waals surface area contributed by atoms with E-state index in [4.69, 9.17) is 9.15 Å². The second-order valence-electron chi connectivity index (χ2n) is 5.82. The van der Waals surface area contributed by atoms with Crippen molar-refractivity contribution in [1.82, 2.24) is 15.1 Å². The molecule has 2 fully saturated rings. The van der Waals surface area contributed by atoms with Crippen LogP contribution in [0, 0.1) is 5.41 Å². The number of ether oxygens (including phenoxy) is 1. The molecule has 0 bridgehead atoms. The van der Waals surface area contributed by atoms with Crippen LogP contribution >= 0.6 is 0 Å². The van der Waals surface area contributed by atoms with Gasteiger partial charge in [-0.1, -0.05) is 18.2 Å². The average molecular weight is 271 g/mol. The average Bonchev–Trinajstić information content (AvgIpc) is 3.07. The highest BCUT2D eigenvalue weighted by molar-refractivity contribution is 5.51. The molecular weight excluding hydrogens is 254 g/mol. The summed E-state index contributed by atoms with van der Waals surface area (Å²) in [6, 6.07) is 9.88.